The lowest BCUT2D eigenvalue weighted by Crippen LogP contribution is -2.17. The van der Waals surface area contributed by atoms with Crippen molar-refractivity contribution in [3.63, 3.8) is 0 Å². The lowest BCUT2D eigenvalue weighted by molar-refractivity contribution is 0.385. The molecule has 4 aromatic rings. The van der Waals surface area contributed by atoms with E-state index in [0.717, 1.165) is 28.5 Å². The summed E-state index contributed by atoms with van der Waals surface area (Å²) in [5.74, 6) is 0.741. The highest BCUT2D eigenvalue weighted by molar-refractivity contribution is 5.68. The smallest absolute Gasteiger partial charge is 0.200 e. The Morgan fingerprint density at radius 1 is 1.21 bits per heavy atom. The molecule has 0 aliphatic carbocycles. The van der Waals surface area contributed by atoms with Gasteiger partial charge in [-0.25, -0.2) is 0 Å². The van der Waals surface area contributed by atoms with Crippen molar-refractivity contribution in [2.75, 3.05) is 11.9 Å². The lowest BCUT2D eigenvalue weighted by Gasteiger charge is -2.18. The molecule has 24 heavy (non-hydrogen) atoms. The first-order valence-corrected chi connectivity index (χ1v) is 7.46. The quantitative estimate of drug-likeness (QED) is 0.569. The Labute approximate surface area is 137 Å². The van der Waals surface area contributed by atoms with Crippen molar-refractivity contribution in [2.45, 2.75) is 13.5 Å². The summed E-state index contributed by atoms with van der Waals surface area (Å²) in [6.07, 6.45) is 3.32. The Kier molecular flexibility index (Phi) is 3.42. The molecule has 4 aromatic heterocycles. The standard InChI is InChI=1S/C16H15N7O/c1-11-7-15(16-19-18-10-23(16)20-11)22(2)9-12-8-14(21-24-12)13-5-3-4-6-17-13/h3-8,10H,9H2,1-2H3. The number of hydrogen-bond donors (Lipinski definition) is 0. The van der Waals surface area contributed by atoms with E-state index in [2.05, 4.69) is 25.4 Å². The second-order valence-electron chi connectivity index (χ2n) is 5.52. The summed E-state index contributed by atoms with van der Waals surface area (Å²) in [6, 6.07) is 9.56. The summed E-state index contributed by atoms with van der Waals surface area (Å²) in [5, 5.41) is 16.5. The molecule has 8 nitrogen and oxygen atoms in total. The molecule has 0 saturated heterocycles. The monoisotopic (exact) mass is 321 g/mol. The minimum atomic E-state index is 0.547. The highest BCUT2D eigenvalue weighted by Crippen LogP contribution is 2.22. The summed E-state index contributed by atoms with van der Waals surface area (Å²) < 4.78 is 7.11. The number of anilines is 1. The van der Waals surface area contributed by atoms with Crippen LogP contribution in [0.5, 0.6) is 0 Å². The molecule has 0 spiro atoms. The molecule has 0 atom stereocenters. The average molecular weight is 321 g/mol. The van der Waals surface area contributed by atoms with Crippen molar-refractivity contribution < 1.29 is 4.52 Å². The molecule has 8 heteroatoms. The zero-order chi connectivity index (χ0) is 16.5. The summed E-state index contributed by atoms with van der Waals surface area (Å²) in [7, 11) is 1.96. The molecule has 0 amide bonds. The zero-order valence-corrected chi connectivity index (χ0v) is 13.3. The number of pyridine rings is 1. The van der Waals surface area contributed by atoms with Crippen LogP contribution in [-0.2, 0) is 6.54 Å². The van der Waals surface area contributed by atoms with Gasteiger partial charge in [-0.3, -0.25) is 4.98 Å². The topological polar surface area (TPSA) is 85.2 Å². The van der Waals surface area contributed by atoms with E-state index in [9.17, 15) is 0 Å². The normalized spacial score (nSPS) is 11.1. The van der Waals surface area contributed by atoms with E-state index in [0.29, 0.717) is 12.2 Å². The summed E-state index contributed by atoms with van der Waals surface area (Å²) in [6.45, 7) is 2.48. The molecule has 120 valence electrons. The minimum Gasteiger partial charge on any atom is -0.364 e. The van der Waals surface area contributed by atoms with E-state index in [1.54, 1.807) is 17.0 Å². The van der Waals surface area contributed by atoms with Crippen molar-refractivity contribution in [1.82, 2.24) is 30.0 Å². The first kappa shape index (κ1) is 14.3. The number of rotatable bonds is 4. The molecule has 4 heterocycles. The summed E-state index contributed by atoms with van der Waals surface area (Å²) >= 11 is 0. The van der Waals surface area contributed by atoms with E-state index in [4.69, 9.17) is 4.52 Å². The van der Waals surface area contributed by atoms with Gasteiger partial charge in [-0.05, 0) is 25.1 Å². The van der Waals surface area contributed by atoms with Crippen molar-refractivity contribution >= 4 is 11.3 Å². The van der Waals surface area contributed by atoms with E-state index < -0.39 is 0 Å². The molecule has 0 N–H and O–H groups in total. The van der Waals surface area contributed by atoms with Gasteiger partial charge >= 0.3 is 0 Å². The van der Waals surface area contributed by atoms with Gasteiger partial charge in [-0.1, -0.05) is 11.2 Å². The van der Waals surface area contributed by atoms with E-state index in [1.807, 2.05) is 49.2 Å². The maximum atomic E-state index is 5.44. The number of nitrogens with zero attached hydrogens (tertiary/aromatic N) is 7. The average Bonchev–Trinajstić information content (AvgIpc) is 3.24. The molecule has 4 rings (SSSR count). The van der Waals surface area contributed by atoms with Crippen LogP contribution in [0.25, 0.3) is 17.0 Å². The maximum Gasteiger partial charge on any atom is 0.200 e. The largest absolute Gasteiger partial charge is 0.364 e. The van der Waals surface area contributed by atoms with Crippen molar-refractivity contribution in [3.05, 3.63) is 54.3 Å². The van der Waals surface area contributed by atoms with Gasteiger partial charge < -0.3 is 9.42 Å². The van der Waals surface area contributed by atoms with Gasteiger partial charge in [-0.2, -0.15) is 9.61 Å². The molecule has 0 aliphatic rings. The highest BCUT2D eigenvalue weighted by atomic mass is 16.5. The van der Waals surface area contributed by atoms with Crippen LogP contribution in [0.4, 0.5) is 5.69 Å². The fraction of sp³-hybridized carbons (Fsp3) is 0.188. The first-order chi connectivity index (χ1) is 11.7. The van der Waals surface area contributed by atoms with Crippen molar-refractivity contribution in [2.24, 2.45) is 0 Å². The molecule has 0 radical (unpaired) electrons. The molecular weight excluding hydrogens is 306 g/mol. The molecule has 0 aromatic carbocycles. The van der Waals surface area contributed by atoms with E-state index >= 15 is 0 Å². The predicted octanol–water partition coefficient (Wildman–Crippen LogP) is 2.12. The van der Waals surface area contributed by atoms with Gasteiger partial charge in [0.2, 0.25) is 5.65 Å². The van der Waals surface area contributed by atoms with E-state index in [1.165, 1.54) is 0 Å². The Bertz CT molecular complexity index is 976. The van der Waals surface area contributed by atoms with Gasteiger partial charge in [0.25, 0.3) is 0 Å². The summed E-state index contributed by atoms with van der Waals surface area (Å²) in [5.41, 5.74) is 4.02. The van der Waals surface area contributed by atoms with Crippen LogP contribution in [0.2, 0.25) is 0 Å². The van der Waals surface area contributed by atoms with Gasteiger partial charge in [0.1, 0.15) is 12.0 Å². The third-order valence-corrected chi connectivity index (χ3v) is 3.66. The van der Waals surface area contributed by atoms with Crippen molar-refractivity contribution in [1.29, 1.82) is 0 Å². The lowest BCUT2D eigenvalue weighted by atomic mass is 10.2. The molecule has 0 aliphatic heterocycles. The predicted molar refractivity (Wildman–Crippen MR) is 87.4 cm³/mol. The fourth-order valence-electron chi connectivity index (χ4n) is 2.56. The van der Waals surface area contributed by atoms with Crippen molar-refractivity contribution in [3.8, 4) is 11.4 Å². The van der Waals surface area contributed by atoms with Gasteiger partial charge in [-0.15, -0.1) is 10.2 Å². The number of aromatic nitrogens is 6. The Balaban J connectivity index is 1.61. The van der Waals surface area contributed by atoms with Crippen LogP contribution in [0.15, 0.2) is 47.4 Å². The van der Waals surface area contributed by atoms with Gasteiger partial charge in [0.05, 0.1) is 23.6 Å². The fourth-order valence-corrected chi connectivity index (χ4v) is 2.56. The molecule has 0 bridgehead atoms. The van der Waals surface area contributed by atoms with Crippen LogP contribution in [-0.4, -0.2) is 37.0 Å². The number of hydrogen-bond acceptors (Lipinski definition) is 7. The van der Waals surface area contributed by atoms with Crippen LogP contribution in [0.3, 0.4) is 0 Å². The molecule has 0 unspecified atom stereocenters. The van der Waals surface area contributed by atoms with Crippen LogP contribution < -0.4 is 4.90 Å². The molecule has 0 fully saturated rings. The van der Waals surface area contributed by atoms with Gasteiger partial charge in [0.15, 0.2) is 5.76 Å². The number of fused-ring (bicyclic) bond motifs is 1. The van der Waals surface area contributed by atoms with Crippen LogP contribution in [0, 0.1) is 6.92 Å². The van der Waals surface area contributed by atoms with Gasteiger partial charge in [0, 0.05) is 19.3 Å². The Hall–Kier alpha value is -3.29. The minimum absolute atomic E-state index is 0.547. The highest BCUT2D eigenvalue weighted by Gasteiger charge is 2.14. The SMILES string of the molecule is Cc1cc(N(C)Cc2cc(-c3ccccn3)no2)c2nncn2n1. The Morgan fingerprint density at radius 3 is 2.96 bits per heavy atom. The Morgan fingerprint density at radius 2 is 2.12 bits per heavy atom. The maximum absolute atomic E-state index is 5.44. The molecular formula is C16H15N7O. The zero-order valence-electron chi connectivity index (χ0n) is 13.3. The van der Waals surface area contributed by atoms with E-state index in [-0.39, 0.29) is 0 Å². The number of aryl methyl sites for hydroxylation is 1. The second-order valence-corrected chi connectivity index (χ2v) is 5.52. The third-order valence-electron chi connectivity index (χ3n) is 3.66. The van der Waals surface area contributed by atoms with Crippen LogP contribution in [0.1, 0.15) is 11.5 Å². The summed E-state index contributed by atoms with van der Waals surface area (Å²) in [4.78, 5) is 6.31. The second kappa shape index (κ2) is 5.73. The first-order valence-electron chi connectivity index (χ1n) is 7.46. The molecule has 0 saturated carbocycles. The van der Waals surface area contributed by atoms with Crippen LogP contribution >= 0.6 is 0 Å². The third kappa shape index (κ3) is 2.58.